The first-order valence-corrected chi connectivity index (χ1v) is 7.92. The number of rotatable bonds is 3. The van der Waals surface area contributed by atoms with Crippen LogP contribution in [0.25, 0.3) is 10.9 Å². The third-order valence-corrected chi connectivity index (χ3v) is 4.68. The number of nitrogens with zero attached hydrogens (tertiary/aromatic N) is 1. The van der Waals surface area contributed by atoms with Crippen LogP contribution in [0.1, 0.15) is 34.5 Å². The summed E-state index contributed by atoms with van der Waals surface area (Å²) in [4.78, 5) is 15.5. The zero-order valence-electron chi connectivity index (χ0n) is 13.4. The van der Waals surface area contributed by atoms with Gasteiger partial charge in [0.05, 0.1) is 11.1 Å². The van der Waals surface area contributed by atoms with Gasteiger partial charge in [-0.05, 0) is 48.7 Å². The molecule has 3 aromatic rings. The first-order valence-electron chi connectivity index (χ1n) is 7.92. The number of alkyl halides is 3. The van der Waals surface area contributed by atoms with Crippen LogP contribution in [0.15, 0.2) is 42.7 Å². The number of aryl methyl sites for hydroxylation is 1. The maximum Gasteiger partial charge on any atom is 0.416 e. The molecule has 0 spiro atoms. The zero-order valence-corrected chi connectivity index (χ0v) is 13.4. The predicted molar refractivity (Wildman–Crippen MR) is 87.1 cm³/mol. The summed E-state index contributed by atoms with van der Waals surface area (Å²) >= 11 is 0. The number of carbonyl (C=O) groups excluding carboxylic acids is 1. The number of amides is 1. The number of aromatic amines is 1. The summed E-state index contributed by atoms with van der Waals surface area (Å²) in [5, 5.41) is 3.38. The number of benzene rings is 1. The molecule has 7 heteroatoms. The highest BCUT2D eigenvalue weighted by Crippen LogP contribution is 2.45. The molecule has 1 aliphatic carbocycles. The van der Waals surface area contributed by atoms with Crippen molar-refractivity contribution in [3.8, 4) is 0 Å². The van der Waals surface area contributed by atoms with Crippen molar-refractivity contribution >= 4 is 16.8 Å². The molecule has 0 unspecified atom stereocenters. The van der Waals surface area contributed by atoms with Crippen LogP contribution in [0.4, 0.5) is 13.2 Å². The maximum absolute atomic E-state index is 12.8. The Hall–Kier alpha value is -2.70. The summed E-state index contributed by atoms with van der Waals surface area (Å²) in [6.07, 6.45) is 1.18. The fourth-order valence-electron chi connectivity index (χ4n) is 3.11. The number of fused-ring (bicyclic) bond motifs is 1. The molecule has 0 saturated heterocycles. The fourth-order valence-corrected chi connectivity index (χ4v) is 3.11. The van der Waals surface area contributed by atoms with Crippen molar-refractivity contribution in [3.63, 3.8) is 0 Å². The van der Waals surface area contributed by atoms with E-state index in [0.29, 0.717) is 10.9 Å². The Balaban J connectivity index is 1.60. The summed E-state index contributed by atoms with van der Waals surface area (Å²) in [5.74, 6) is -0.314. The first-order chi connectivity index (χ1) is 11.8. The minimum Gasteiger partial charge on any atom is -0.357 e. The Morgan fingerprint density at radius 2 is 2.00 bits per heavy atom. The Labute approximate surface area is 141 Å². The molecule has 2 aromatic heterocycles. The number of hydrogen-bond donors (Lipinski definition) is 2. The fraction of sp³-hybridized carbons (Fsp3) is 0.278. The SMILES string of the molecule is Cn1ccc(C2(NC(=O)c3cc4cc(C(F)(F)F)ccc4[nH]3)CC2)c1. The third-order valence-electron chi connectivity index (χ3n) is 4.68. The van der Waals surface area contributed by atoms with E-state index in [-0.39, 0.29) is 17.1 Å². The van der Waals surface area contributed by atoms with Gasteiger partial charge in [-0.25, -0.2) is 0 Å². The second kappa shape index (κ2) is 5.15. The summed E-state index contributed by atoms with van der Waals surface area (Å²) in [5.41, 5.74) is 0.708. The van der Waals surface area contributed by atoms with Crippen LogP contribution in [0.3, 0.4) is 0 Å². The van der Waals surface area contributed by atoms with E-state index >= 15 is 0 Å². The molecule has 1 aliphatic rings. The topological polar surface area (TPSA) is 49.8 Å². The van der Waals surface area contributed by atoms with Crippen molar-refractivity contribution in [2.45, 2.75) is 24.6 Å². The first kappa shape index (κ1) is 15.8. The Bertz CT molecular complexity index is 964. The lowest BCUT2D eigenvalue weighted by Crippen LogP contribution is -2.34. The van der Waals surface area contributed by atoms with Gasteiger partial charge in [0.2, 0.25) is 0 Å². The Morgan fingerprint density at radius 1 is 1.24 bits per heavy atom. The van der Waals surface area contributed by atoms with Gasteiger partial charge in [0.1, 0.15) is 5.69 Å². The monoisotopic (exact) mass is 347 g/mol. The van der Waals surface area contributed by atoms with Gasteiger partial charge < -0.3 is 14.9 Å². The van der Waals surface area contributed by atoms with Crippen molar-refractivity contribution in [1.82, 2.24) is 14.9 Å². The van der Waals surface area contributed by atoms with Gasteiger partial charge in [0, 0.05) is 30.3 Å². The molecule has 0 bridgehead atoms. The molecule has 25 heavy (non-hydrogen) atoms. The lowest BCUT2D eigenvalue weighted by molar-refractivity contribution is -0.137. The van der Waals surface area contributed by atoms with Crippen LogP contribution in [0.2, 0.25) is 0 Å². The molecule has 4 nitrogen and oxygen atoms in total. The van der Waals surface area contributed by atoms with Gasteiger partial charge in [0.25, 0.3) is 5.91 Å². The number of hydrogen-bond acceptors (Lipinski definition) is 1. The highest BCUT2D eigenvalue weighted by molar-refractivity contribution is 5.98. The molecule has 1 saturated carbocycles. The van der Waals surface area contributed by atoms with E-state index in [1.165, 1.54) is 12.1 Å². The highest BCUT2D eigenvalue weighted by Gasteiger charge is 2.46. The normalized spacial score (nSPS) is 16.2. The summed E-state index contributed by atoms with van der Waals surface area (Å²) in [6, 6.07) is 6.83. The van der Waals surface area contributed by atoms with Crippen LogP contribution in [-0.4, -0.2) is 15.5 Å². The van der Waals surface area contributed by atoms with Gasteiger partial charge in [-0.1, -0.05) is 0 Å². The molecule has 1 aromatic carbocycles. The van der Waals surface area contributed by atoms with E-state index in [0.717, 1.165) is 30.5 Å². The summed E-state index contributed by atoms with van der Waals surface area (Å²) in [7, 11) is 1.91. The minimum atomic E-state index is -4.40. The van der Waals surface area contributed by atoms with E-state index in [9.17, 15) is 18.0 Å². The van der Waals surface area contributed by atoms with Gasteiger partial charge in [-0.2, -0.15) is 13.2 Å². The van der Waals surface area contributed by atoms with Gasteiger partial charge in [-0.3, -0.25) is 4.79 Å². The molecule has 0 radical (unpaired) electrons. The van der Waals surface area contributed by atoms with Crippen LogP contribution in [0.5, 0.6) is 0 Å². The Kier molecular flexibility index (Phi) is 3.25. The minimum absolute atomic E-state index is 0.261. The highest BCUT2D eigenvalue weighted by atomic mass is 19.4. The molecular weight excluding hydrogens is 331 g/mol. The predicted octanol–water partition coefficient (Wildman–Crippen LogP) is 3.94. The number of nitrogens with one attached hydrogen (secondary N) is 2. The number of aromatic nitrogens is 2. The van der Waals surface area contributed by atoms with Crippen molar-refractivity contribution < 1.29 is 18.0 Å². The quantitative estimate of drug-likeness (QED) is 0.741. The third kappa shape index (κ3) is 2.79. The molecule has 0 atom stereocenters. The van der Waals surface area contributed by atoms with E-state index in [4.69, 9.17) is 0 Å². The average Bonchev–Trinajstić information content (AvgIpc) is 2.99. The van der Waals surface area contributed by atoms with E-state index in [1.54, 1.807) is 0 Å². The smallest absolute Gasteiger partial charge is 0.357 e. The standard InChI is InChI=1S/C18H16F3N3O/c1-24-7-4-13(10-24)17(5-6-17)23-16(25)15-9-11-8-12(18(19,20)21)2-3-14(11)22-15/h2-4,7-10,22H,5-6H2,1H3,(H,23,25). The van der Waals surface area contributed by atoms with Crippen molar-refractivity contribution in [2.24, 2.45) is 7.05 Å². The van der Waals surface area contributed by atoms with Gasteiger partial charge in [-0.15, -0.1) is 0 Å². The summed E-state index contributed by atoms with van der Waals surface area (Å²) < 4.78 is 40.3. The van der Waals surface area contributed by atoms with Crippen molar-refractivity contribution in [3.05, 3.63) is 59.5 Å². The molecule has 1 amide bonds. The molecular formula is C18H16F3N3O. The molecule has 2 heterocycles. The second-order valence-corrected chi connectivity index (χ2v) is 6.58. The lowest BCUT2D eigenvalue weighted by atomic mass is 10.1. The molecule has 2 N–H and O–H groups in total. The zero-order chi connectivity index (χ0) is 17.8. The van der Waals surface area contributed by atoms with Crippen LogP contribution < -0.4 is 5.32 Å². The maximum atomic E-state index is 12.8. The molecule has 130 valence electrons. The molecule has 4 rings (SSSR count). The number of H-pyrrole nitrogens is 1. The van der Waals surface area contributed by atoms with E-state index in [1.807, 2.05) is 30.1 Å². The second-order valence-electron chi connectivity index (χ2n) is 6.58. The Morgan fingerprint density at radius 3 is 2.60 bits per heavy atom. The summed E-state index contributed by atoms with van der Waals surface area (Å²) in [6.45, 7) is 0. The van der Waals surface area contributed by atoms with Crippen molar-refractivity contribution in [1.29, 1.82) is 0 Å². The molecule has 1 fully saturated rings. The van der Waals surface area contributed by atoms with Gasteiger partial charge >= 0.3 is 6.18 Å². The van der Waals surface area contributed by atoms with E-state index < -0.39 is 11.7 Å². The van der Waals surface area contributed by atoms with Crippen LogP contribution in [-0.2, 0) is 18.8 Å². The lowest BCUT2D eigenvalue weighted by Gasteiger charge is -2.15. The number of halogens is 3. The van der Waals surface area contributed by atoms with E-state index in [2.05, 4.69) is 10.3 Å². The molecule has 0 aliphatic heterocycles. The average molecular weight is 347 g/mol. The number of carbonyl (C=O) groups is 1. The van der Waals surface area contributed by atoms with Gasteiger partial charge in [0.15, 0.2) is 0 Å². The van der Waals surface area contributed by atoms with Crippen LogP contribution in [0, 0.1) is 0 Å². The largest absolute Gasteiger partial charge is 0.416 e. The van der Waals surface area contributed by atoms with Crippen molar-refractivity contribution in [2.75, 3.05) is 0 Å². The van der Waals surface area contributed by atoms with Crippen LogP contribution >= 0.6 is 0 Å².